The van der Waals surface area contributed by atoms with Crippen LogP contribution in [0.5, 0.6) is 5.75 Å². The topological polar surface area (TPSA) is 55.8 Å². The molecule has 1 aliphatic carbocycles. The quantitative estimate of drug-likeness (QED) is 0.477. The molecule has 0 spiro atoms. The third kappa shape index (κ3) is 3.68. The molecule has 1 atom stereocenters. The number of allylic oxidation sites excluding steroid dienone is 1. The number of aliphatic hydroxyl groups is 1. The number of fused-ring (bicyclic) bond motifs is 1. The van der Waals surface area contributed by atoms with Crippen LogP contribution < -0.4 is 4.43 Å². The Kier molecular flexibility index (Phi) is 5.78. The van der Waals surface area contributed by atoms with E-state index in [2.05, 4.69) is 47.7 Å². The summed E-state index contributed by atoms with van der Waals surface area (Å²) in [4.78, 5) is 12.8. The Morgan fingerprint density at radius 2 is 1.86 bits per heavy atom. The van der Waals surface area contributed by atoms with Crippen LogP contribution in [0.2, 0.25) is 18.1 Å². The smallest absolute Gasteiger partial charge is 0.342 e. The van der Waals surface area contributed by atoms with Gasteiger partial charge in [-0.15, -0.1) is 0 Å². The van der Waals surface area contributed by atoms with Crippen molar-refractivity contribution in [2.24, 2.45) is 0 Å². The van der Waals surface area contributed by atoms with Crippen LogP contribution in [0.15, 0.2) is 5.57 Å². The van der Waals surface area contributed by atoms with Gasteiger partial charge in [-0.05, 0) is 79.9 Å². The van der Waals surface area contributed by atoms with Crippen molar-refractivity contribution in [3.05, 3.63) is 33.4 Å². The normalized spacial score (nSPS) is 18.2. The molecule has 0 unspecified atom stereocenters. The molecule has 0 bridgehead atoms. The first-order chi connectivity index (χ1) is 13.4. The second-order valence-electron chi connectivity index (χ2n) is 9.99. The number of ether oxygens (including phenoxy) is 1. The first-order valence-corrected chi connectivity index (χ1v) is 13.8. The Balaban J connectivity index is 2.38. The Morgan fingerprint density at radius 1 is 1.21 bits per heavy atom. The van der Waals surface area contributed by atoms with E-state index >= 15 is 0 Å². The molecule has 1 aromatic rings. The maximum atomic E-state index is 12.8. The summed E-state index contributed by atoms with van der Waals surface area (Å²) < 4.78 is 12.3. The van der Waals surface area contributed by atoms with E-state index < -0.39 is 14.4 Å². The first-order valence-electron chi connectivity index (χ1n) is 10.9. The van der Waals surface area contributed by atoms with E-state index in [0.717, 1.165) is 47.9 Å². The zero-order valence-corrected chi connectivity index (χ0v) is 20.3. The standard InChI is InChI=1S/C24H36O4Si/c1-9-16-14(2)19-13-27-23(26)21(19)22(28-29(7,8)24(4,5)6)20(16)18-12-10-11-17(18)15(3)25/h15,25H,9-13H2,1-8H3/t15-/m0/s1. The van der Waals surface area contributed by atoms with Gasteiger partial charge in [0.1, 0.15) is 17.9 Å². The number of esters is 1. The number of hydrogen-bond acceptors (Lipinski definition) is 4. The van der Waals surface area contributed by atoms with Crippen molar-refractivity contribution < 1.29 is 19.1 Å². The molecule has 0 saturated heterocycles. The Hall–Kier alpha value is -1.59. The van der Waals surface area contributed by atoms with Gasteiger partial charge in [0.2, 0.25) is 0 Å². The van der Waals surface area contributed by atoms with E-state index in [9.17, 15) is 9.90 Å². The summed E-state index contributed by atoms with van der Waals surface area (Å²) in [5.74, 6) is 0.435. The van der Waals surface area contributed by atoms with E-state index in [4.69, 9.17) is 9.16 Å². The number of carbonyl (C=O) groups is 1. The minimum absolute atomic E-state index is 0.00802. The Morgan fingerprint density at radius 3 is 2.41 bits per heavy atom. The van der Waals surface area contributed by atoms with E-state index in [1.54, 1.807) is 0 Å². The van der Waals surface area contributed by atoms with E-state index in [1.807, 2.05) is 6.92 Å². The van der Waals surface area contributed by atoms with Crippen molar-refractivity contribution >= 4 is 19.9 Å². The van der Waals surface area contributed by atoms with Crippen LogP contribution in [0.3, 0.4) is 0 Å². The lowest BCUT2D eigenvalue weighted by molar-refractivity contribution is 0.0533. The number of hydrogen-bond donors (Lipinski definition) is 1. The molecule has 0 radical (unpaired) electrons. The average Bonchev–Trinajstić information content (AvgIpc) is 3.23. The van der Waals surface area contributed by atoms with E-state index in [-0.39, 0.29) is 11.0 Å². The molecule has 0 fully saturated rings. The van der Waals surface area contributed by atoms with Gasteiger partial charge in [-0.3, -0.25) is 0 Å². The van der Waals surface area contributed by atoms with Gasteiger partial charge in [0.05, 0.1) is 6.10 Å². The SMILES string of the molecule is CCc1c(C)c2c(c(O[Si](C)(C)C(C)(C)C)c1C1=C([C@H](C)O)CCC1)C(=O)OC2. The van der Waals surface area contributed by atoms with Crippen molar-refractivity contribution in [3.8, 4) is 5.75 Å². The summed E-state index contributed by atoms with van der Waals surface area (Å²) in [5, 5.41) is 10.4. The van der Waals surface area contributed by atoms with Crippen molar-refractivity contribution in [1.82, 2.24) is 0 Å². The van der Waals surface area contributed by atoms with Crippen LogP contribution in [0.25, 0.3) is 5.57 Å². The third-order valence-electron chi connectivity index (χ3n) is 7.10. The lowest BCUT2D eigenvalue weighted by Gasteiger charge is -2.38. The molecule has 2 aliphatic rings. The highest BCUT2D eigenvalue weighted by Crippen LogP contribution is 2.49. The van der Waals surface area contributed by atoms with Gasteiger partial charge in [-0.25, -0.2) is 4.79 Å². The molecule has 1 aromatic carbocycles. The molecule has 0 amide bonds. The van der Waals surface area contributed by atoms with Gasteiger partial charge >= 0.3 is 5.97 Å². The monoisotopic (exact) mass is 416 g/mol. The minimum Gasteiger partial charge on any atom is -0.543 e. The van der Waals surface area contributed by atoms with E-state index in [1.165, 1.54) is 11.1 Å². The zero-order chi connectivity index (χ0) is 21.7. The van der Waals surface area contributed by atoms with Crippen LogP contribution in [0.1, 0.15) is 86.5 Å². The number of cyclic esters (lactones) is 1. The molecule has 1 N–H and O–H groups in total. The summed E-state index contributed by atoms with van der Waals surface area (Å²) in [7, 11) is -2.20. The molecular weight excluding hydrogens is 380 g/mol. The number of benzene rings is 1. The van der Waals surface area contributed by atoms with Crippen molar-refractivity contribution in [2.75, 3.05) is 0 Å². The average molecular weight is 417 g/mol. The maximum Gasteiger partial charge on any atom is 0.342 e. The van der Waals surface area contributed by atoms with Crippen LogP contribution in [0.4, 0.5) is 0 Å². The molecule has 29 heavy (non-hydrogen) atoms. The number of carbonyl (C=O) groups excluding carboxylic acids is 1. The van der Waals surface area contributed by atoms with Crippen molar-refractivity contribution in [3.63, 3.8) is 0 Å². The lowest BCUT2D eigenvalue weighted by atomic mass is 9.85. The fourth-order valence-corrected chi connectivity index (χ4v) is 5.37. The zero-order valence-electron chi connectivity index (χ0n) is 19.3. The fraction of sp³-hybridized carbons (Fsp3) is 0.625. The molecule has 0 saturated carbocycles. The predicted molar refractivity (Wildman–Crippen MR) is 120 cm³/mol. The third-order valence-corrected chi connectivity index (χ3v) is 11.4. The molecule has 5 heteroatoms. The van der Waals surface area contributed by atoms with Gasteiger partial charge in [0.25, 0.3) is 8.32 Å². The van der Waals surface area contributed by atoms with Gasteiger partial charge < -0.3 is 14.3 Å². The van der Waals surface area contributed by atoms with Gasteiger partial charge in [0, 0.05) is 11.1 Å². The highest BCUT2D eigenvalue weighted by Gasteiger charge is 2.43. The highest BCUT2D eigenvalue weighted by atomic mass is 28.4. The fourth-order valence-electron chi connectivity index (χ4n) is 4.35. The Labute approximate surface area is 176 Å². The largest absolute Gasteiger partial charge is 0.543 e. The molecule has 4 nitrogen and oxygen atoms in total. The van der Waals surface area contributed by atoms with Crippen LogP contribution in [0, 0.1) is 6.92 Å². The van der Waals surface area contributed by atoms with Crippen LogP contribution in [-0.4, -0.2) is 25.5 Å². The summed E-state index contributed by atoms with van der Waals surface area (Å²) >= 11 is 0. The first kappa shape index (κ1) is 22.1. The summed E-state index contributed by atoms with van der Waals surface area (Å²) in [5.41, 5.74) is 7.27. The van der Waals surface area contributed by atoms with Gasteiger partial charge in [0.15, 0.2) is 0 Å². The highest BCUT2D eigenvalue weighted by molar-refractivity contribution is 6.74. The minimum atomic E-state index is -2.20. The molecule has 1 heterocycles. The van der Waals surface area contributed by atoms with Crippen LogP contribution in [-0.2, 0) is 17.8 Å². The van der Waals surface area contributed by atoms with Crippen LogP contribution >= 0.6 is 0 Å². The second kappa shape index (κ2) is 7.58. The van der Waals surface area contributed by atoms with Gasteiger partial charge in [-0.2, -0.15) is 0 Å². The van der Waals surface area contributed by atoms with Gasteiger partial charge in [-0.1, -0.05) is 27.7 Å². The maximum absolute atomic E-state index is 12.8. The summed E-state index contributed by atoms with van der Waals surface area (Å²) in [6.07, 6.45) is 3.20. The molecule has 3 rings (SSSR count). The second-order valence-corrected chi connectivity index (χ2v) is 14.7. The Bertz CT molecular complexity index is 872. The van der Waals surface area contributed by atoms with E-state index in [0.29, 0.717) is 17.9 Å². The van der Waals surface area contributed by atoms with Crippen molar-refractivity contribution in [2.45, 2.75) is 98.1 Å². The molecule has 160 valence electrons. The molecule has 0 aromatic heterocycles. The number of rotatable bonds is 5. The predicted octanol–water partition coefficient (Wildman–Crippen LogP) is 5.93. The molecular formula is C24H36O4Si. The molecule has 1 aliphatic heterocycles. The number of aliphatic hydroxyl groups excluding tert-OH is 1. The van der Waals surface area contributed by atoms with Crippen molar-refractivity contribution in [1.29, 1.82) is 0 Å². The lowest BCUT2D eigenvalue weighted by Crippen LogP contribution is -2.44. The summed E-state index contributed by atoms with van der Waals surface area (Å²) in [6.45, 7) is 17.5. The summed E-state index contributed by atoms with van der Waals surface area (Å²) in [6, 6.07) is 0.